The van der Waals surface area contributed by atoms with Gasteiger partial charge < -0.3 is 0 Å². The number of aromatic nitrogens is 1. The lowest BCUT2D eigenvalue weighted by atomic mass is 9.80. The SMILES string of the molecule is CC1(C)c2ccccc2-c2ccc3c(c21)c1cccc2c4ccccc4c(=O)n3c21. The molecule has 2 heteroatoms. The molecule has 0 bridgehead atoms. The number of para-hydroxylation sites is 1. The van der Waals surface area contributed by atoms with Crippen LogP contribution in [-0.4, -0.2) is 4.40 Å². The highest BCUT2D eigenvalue weighted by atomic mass is 16.1. The second-order valence-corrected chi connectivity index (χ2v) is 8.94. The van der Waals surface area contributed by atoms with Crippen LogP contribution in [0.2, 0.25) is 0 Å². The molecule has 2 aromatic heterocycles. The van der Waals surface area contributed by atoms with Crippen LogP contribution in [0.5, 0.6) is 0 Å². The first-order chi connectivity index (χ1) is 14.6. The molecule has 0 N–H and O–H groups in total. The van der Waals surface area contributed by atoms with Gasteiger partial charge in [0.2, 0.25) is 0 Å². The Hall–Kier alpha value is -3.65. The highest BCUT2D eigenvalue weighted by Gasteiger charge is 2.38. The Balaban J connectivity index is 1.82. The van der Waals surface area contributed by atoms with Gasteiger partial charge in [0.25, 0.3) is 5.56 Å². The van der Waals surface area contributed by atoms with Gasteiger partial charge in [0.1, 0.15) is 0 Å². The van der Waals surface area contributed by atoms with Crippen LogP contribution in [0, 0.1) is 0 Å². The number of rotatable bonds is 0. The Labute approximate surface area is 173 Å². The summed E-state index contributed by atoms with van der Waals surface area (Å²) < 4.78 is 1.95. The Morgan fingerprint density at radius 1 is 0.667 bits per heavy atom. The largest absolute Gasteiger partial charge is 0.275 e. The van der Waals surface area contributed by atoms with Gasteiger partial charge in [-0.1, -0.05) is 80.6 Å². The predicted octanol–water partition coefficient (Wildman–Crippen LogP) is 6.50. The van der Waals surface area contributed by atoms with Crippen molar-refractivity contribution in [3.8, 4) is 11.1 Å². The van der Waals surface area contributed by atoms with Crippen molar-refractivity contribution in [3.63, 3.8) is 0 Å². The predicted molar refractivity (Wildman–Crippen MR) is 125 cm³/mol. The number of nitrogens with zero attached hydrogens (tertiary/aromatic N) is 1. The second kappa shape index (κ2) is 5.09. The molecule has 0 saturated heterocycles. The Morgan fingerprint density at radius 2 is 1.37 bits per heavy atom. The fraction of sp³-hybridized carbons (Fsp3) is 0.107. The van der Waals surface area contributed by atoms with Crippen molar-refractivity contribution in [2.75, 3.05) is 0 Å². The van der Waals surface area contributed by atoms with Crippen LogP contribution >= 0.6 is 0 Å². The fourth-order valence-corrected chi connectivity index (χ4v) is 5.88. The molecule has 0 spiro atoms. The molecule has 30 heavy (non-hydrogen) atoms. The van der Waals surface area contributed by atoms with Gasteiger partial charge in [-0.25, -0.2) is 0 Å². The topological polar surface area (TPSA) is 21.5 Å². The Morgan fingerprint density at radius 3 is 2.23 bits per heavy atom. The summed E-state index contributed by atoms with van der Waals surface area (Å²) in [5.74, 6) is 0. The van der Waals surface area contributed by atoms with Crippen LogP contribution in [0.1, 0.15) is 25.0 Å². The van der Waals surface area contributed by atoms with Gasteiger partial charge in [-0.3, -0.25) is 9.20 Å². The van der Waals surface area contributed by atoms with E-state index >= 15 is 0 Å². The number of hydrogen-bond donors (Lipinski definition) is 0. The fourth-order valence-electron chi connectivity index (χ4n) is 5.88. The lowest BCUT2D eigenvalue weighted by molar-refractivity contribution is 0.666. The molecule has 0 atom stereocenters. The minimum Gasteiger partial charge on any atom is -0.275 e. The molecule has 2 nitrogen and oxygen atoms in total. The molecule has 4 aromatic carbocycles. The van der Waals surface area contributed by atoms with Crippen molar-refractivity contribution in [2.45, 2.75) is 19.3 Å². The number of hydrogen-bond acceptors (Lipinski definition) is 1. The van der Waals surface area contributed by atoms with Crippen molar-refractivity contribution in [2.24, 2.45) is 0 Å². The molecule has 0 aliphatic heterocycles. The van der Waals surface area contributed by atoms with Gasteiger partial charge in [0.05, 0.1) is 11.0 Å². The van der Waals surface area contributed by atoms with Crippen LogP contribution < -0.4 is 5.56 Å². The highest BCUT2D eigenvalue weighted by Crippen LogP contribution is 2.52. The van der Waals surface area contributed by atoms with E-state index in [-0.39, 0.29) is 11.0 Å². The molecule has 7 rings (SSSR count). The molecule has 0 unspecified atom stereocenters. The first-order valence-electron chi connectivity index (χ1n) is 10.4. The maximum absolute atomic E-state index is 13.6. The van der Waals surface area contributed by atoms with Crippen molar-refractivity contribution in [1.82, 2.24) is 4.40 Å². The van der Waals surface area contributed by atoms with Gasteiger partial charge >= 0.3 is 0 Å². The van der Waals surface area contributed by atoms with Gasteiger partial charge in [-0.2, -0.15) is 0 Å². The van der Waals surface area contributed by atoms with Crippen molar-refractivity contribution < 1.29 is 0 Å². The minimum absolute atomic E-state index is 0.0672. The average Bonchev–Trinajstić information content (AvgIpc) is 3.23. The lowest BCUT2D eigenvalue weighted by Gasteiger charge is -2.22. The number of fused-ring (bicyclic) bond motifs is 9. The zero-order chi connectivity index (χ0) is 20.2. The maximum Gasteiger partial charge on any atom is 0.263 e. The van der Waals surface area contributed by atoms with Crippen LogP contribution in [0.4, 0.5) is 0 Å². The van der Waals surface area contributed by atoms with E-state index in [2.05, 4.69) is 74.5 Å². The van der Waals surface area contributed by atoms with Gasteiger partial charge in [0, 0.05) is 27.0 Å². The number of benzene rings is 4. The molecule has 0 fully saturated rings. The highest BCUT2D eigenvalue weighted by molar-refractivity contribution is 6.22. The summed E-state index contributed by atoms with van der Waals surface area (Å²) >= 11 is 0. The summed E-state index contributed by atoms with van der Waals surface area (Å²) in [5, 5.41) is 5.33. The lowest BCUT2D eigenvalue weighted by Crippen LogP contribution is -2.15. The molecule has 6 aromatic rings. The van der Waals surface area contributed by atoms with Crippen molar-refractivity contribution in [1.29, 1.82) is 0 Å². The molecular formula is C28H19NO. The third-order valence-corrected chi connectivity index (χ3v) is 7.12. The zero-order valence-electron chi connectivity index (χ0n) is 16.9. The molecule has 0 radical (unpaired) electrons. The first kappa shape index (κ1) is 16.2. The average molecular weight is 385 g/mol. The van der Waals surface area contributed by atoms with E-state index in [1.54, 1.807) is 0 Å². The van der Waals surface area contributed by atoms with E-state index in [1.165, 1.54) is 33.0 Å². The van der Waals surface area contributed by atoms with E-state index in [4.69, 9.17) is 0 Å². The van der Waals surface area contributed by atoms with E-state index in [0.29, 0.717) is 0 Å². The normalized spacial score (nSPS) is 14.7. The smallest absolute Gasteiger partial charge is 0.263 e. The third-order valence-electron chi connectivity index (χ3n) is 7.12. The van der Waals surface area contributed by atoms with Crippen LogP contribution in [-0.2, 0) is 5.41 Å². The van der Waals surface area contributed by atoms with E-state index < -0.39 is 0 Å². The quantitative estimate of drug-likeness (QED) is 0.273. The summed E-state index contributed by atoms with van der Waals surface area (Å²) in [6, 6.07) is 27.5. The number of pyridine rings is 1. The monoisotopic (exact) mass is 385 g/mol. The van der Waals surface area contributed by atoms with Crippen LogP contribution in [0.3, 0.4) is 0 Å². The minimum atomic E-state index is -0.121. The van der Waals surface area contributed by atoms with Gasteiger partial charge in [-0.15, -0.1) is 0 Å². The summed E-state index contributed by atoms with van der Waals surface area (Å²) in [4.78, 5) is 13.6. The van der Waals surface area contributed by atoms with Crippen LogP contribution in [0.15, 0.2) is 83.7 Å². The summed E-state index contributed by atoms with van der Waals surface area (Å²) in [6.07, 6.45) is 0. The molecule has 0 amide bonds. The summed E-state index contributed by atoms with van der Waals surface area (Å²) in [7, 11) is 0. The summed E-state index contributed by atoms with van der Waals surface area (Å²) in [5.41, 5.74) is 7.28. The first-order valence-corrected chi connectivity index (χ1v) is 10.4. The van der Waals surface area contributed by atoms with Gasteiger partial charge in [-0.05, 0) is 39.8 Å². The summed E-state index contributed by atoms with van der Waals surface area (Å²) in [6.45, 7) is 4.61. The maximum atomic E-state index is 13.6. The molecule has 0 saturated carbocycles. The molecular weight excluding hydrogens is 366 g/mol. The molecule has 1 aliphatic rings. The molecule has 1 aliphatic carbocycles. The second-order valence-electron chi connectivity index (χ2n) is 8.94. The Bertz CT molecular complexity index is 1740. The zero-order valence-corrected chi connectivity index (χ0v) is 16.9. The van der Waals surface area contributed by atoms with Gasteiger partial charge in [0.15, 0.2) is 0 Å². The van der Waals surface area contributed by atoms with Crippen molar-refractivity contribution >= 4 is 38.0 Å². The van der Waals surface area contributed by atoms with Crippen LogP contribution in [0.25, 0.3) is 49.1 Å². The molecule has 2 heterocycles. The van der Waals surface area contributed by atoms with E-state index in [0.717, 1.165) is 27.2 Å². The Kier molecular flexibility index (Phi) is 2.74. The standard InChI is InChI=1S/C28H19NO/c1-28(2)22-13-6-5-9-17(22)18-14-15-23-24(25(18)28)21-12-7-11-19-16-8-3-4-10-20(16)27(30)29(23)26(19)21/h3-15H,1-2H3. The third kappa shape index (κ3) is 1.66. The molecule has 142 valence electrons. The van der Waals surface area contributed by atoms with Crippen molar-refractivity contribution in [3.05, 3.63) is 100 Å². The van der Waals surface area contributed by atoms with E-state index in [1.807, 2.05) is 22.6 Å². The van der Waals surface area contributed by atoms with E-state index in [9.17, 15) is 4.79 Å².